The number of para-hydroxylation sites is 2. The molecule has 0 amide bonds. The number of nitrogens with one attached hydrogen (secondary N) is 1. The van der Waals surface area contributed by atoms with Crippen molar-refractivity contribution in [3.8, 4) is 33.9 Å². The maximum atomic E-state index is 4.98. The molecular weight excluding hydrogens is 380 g/mol. The minimum atomic E-state index is 0.947. The van der Waals surface area contributed by atoms with Crippen LogP contribution in [-0.2, 0) is 7.05 Å². The van der Waals surface area contributed by atoms with Crippen LogP contribution in [0.3, 0.4) is 0 Å². The van der Waals surface area contributed by atoms with Crippen molar-refractivity contribution in [1.29, 1.82) is 0 Å². The number of aromatic amines is 1. The van der Waals surface area contributed by atoms with E-state index in [9.17, 15) is 0 Å². The van der Waals surface area contributed by atoms with Crippen molar-refractivity contribution in [3.05, 3.63) is 97.3 Å². The Kier molecular flexibility index (Phi) is 3.96. The Hall–Kier alpha value is -4.18. The summed E-state index contributed by atoms with van der Waals surface area (Å²) in [7, 11) is 2.02. The Morgan fingerprint density at radius 3 is 2.10 bits per heavy atom. The molecule has 0 saturated carbocycles. The van der Waals surface area contributed by atoms with Crippen LogP contribution in [-0.4, -0.2) is 19.5 Å². The summed E-state index contributed by atoms with van der Waals surface area (Å²) < 4.78 is 2.05. The fourth-order valence-corrected chi connectivity index (χ4v) is 4.33. The highest BCUT2D eigenvalue weighted by Crippen LogP contribution is 2.36. The number of aromatic nitrogens is 4. The van der Waals surface area contributed by atoms with E-state index in [0.29, 0.717) is 0 Å². The molecular formula is C27H20N4. The lowest BCUT2D eigenvalue weighted by Gasteiger charge is -2.06. The van der Waals surface area contributed by atoms with Crippen LogP contribution in [0.1, 0.15) is 0 Å². The van der Waals surface area contributed by atoms with E-state index in [0.717, 1.165) is 44.9 Å². The van der Waals surface area contributed by atoms with Crippen molar-refractivity contribution in [2.24, 2.45) is 7.05 Å². The van der Waals surface area contributed by atoms with E-state index in [-0.39, 0.29) is 0 Å². The smallest absolute Gasteiger partial charge is 0.141 e. The van der Waals surface area contributed by atoms with Crippen LogP contribution in [0.4, 0.5) is 0 Å². The zero-order chi connectivity index (χ0) is 20.8. The second-order valence-electron chi connectivity index (χ2n) is 7.72. The molecule has 31 heavy (non-hydrogen) atoms. The molecule has 0 bridgehead atoms. The van der Waals surface area contributed by atoms with Gasteiger partial charge in [-0.15, -0.1) is 0 Å². The van der Waals surface area contributed by atoms with Gasteiger partial charge in [0, 0.05) is 46.9 Å². The lowest BCUT2D eigenvalue weighted by Crippen LogP contribution is -1.92. The van der Waals surface area contributed by atoms with Crippen molar-refractivity contribution in [3.63, 3.8) is 0 Å². The Bertz CT molecular complexity index is 1540. The first-order valence-electron chi connectivity index (χ1n) is 10.3. The first-order chi connectivity index (χ1) is 15.3. The molecule has 148 valence electrons. The van der Waals surface area contributed by atoms with Crippen LogP contribution in [0.15, 0.2) is 97.3 Å². The third kappa shape index (κ3) is 2.84. The molecule has 0 aliphatic heterocycles. The minimum absolute atomic E-state index is 0.947. The van der Waals surface area contributed by atoms with Gasteiger partial charge in [-0.3, -0.25) is 0 Å². The number of benzene rings is 3. The van der Waals surface area contributed by atoms with Crippen molar-refractivity contribution < 1.29 is 0 Å². The van der Waals surface area contributed by atoms with Crippen molar-refractivity contribution in [1.82, 2.24) is 19.5 Å². The zero-order valence-electron chi connectivity index (χ0n) is 17.1. The second-order valence-corrected chi connectivity index (χ2v) is 7.72. The molecule has 1 N–H and O–H groups in total. The van der Waals surface area contributed by atoms with Gasteiger partial charge in [0.05, 0.1) is 22.4 Å². The van der Waals surface area contributed by atoms with E-state index >= 15 is 0 Å². The van der Waals surface area contributed by atoms with Gasteiger partial charge in [-0.1, -0.05) is 66.7 Å². The number of nitrogens with zero attached hydrogens (tertiary/aromatic N) is 3. The number of rotatable bonds is 3. The summed E-state index contributed by atoms with van der Waals surface area (Å²) in [5.41, 5.74) is 7.42. The van der Waals surface area contributed by atoms with E-state index < -0.39 is 0 Å². The molecule has 0 aliphatic carbocycles. The molecule has 4 nitrogen and oxygen atoms in total. The third-order valence-corrected chi connectivity index (χ3v) is 5.83. The number of hydrogen-bond donors (Lipinski definition) is 1. The standard InChI is InChI=1S/C27H20N4/c1-31-17-16-28-27(31)22-13-6-11-20-19-10-5-12-21(25(19)30-26(20)22)24-15-7-14-23(29-24)18-8-3-2-4-9-18/h2-17,30H,1H3. The number of pyridine rings is 1. The molecule has 0 saturated heterocycles. The van der Waals surface area contributed by atoms with Crippen LogP contribution in [0.2, 0.25) is 0 Å². The summed E-state index contributed by atoms with van der Waals surface area (Å²) in [5, 5.41) is 2.38. The van der Waals surface area contributed by atoms with Crippen molar-refractivity contribution >= 4 is 21.8 Å². The number of fused-ring (bicyclic) bond motifs is 3. The number of imidazole rings is 1. The molecule has 3 aromatic carbocycles. The Labute approximate surface area is 179 Å². The third-order valence-electron chi connectivity index (χ3n) is 5.83. The average Bonchev–Trinajstić information content (AvgIpc) is 3.43. The van der Waals surface area contributed by atoms with E-state index in [2.05, 4.69) is 76.7 Å². The summed E-state index contributed by atoms with van der Waals surface area (Å²) in [4.78, 5) is 13.2. The normalized spacial score (nSPS) is 11.4. The Balaban J connectivity index is 1.58. The van der Waals surface area contributed by atoms with Gasteiger partial charge in [-0.25, -0.2) is 9.97 Å². The molecule has 0 aliphatic rings. The van der Waals surface area contributed by atoms with Crippen molar-refractivity contribution in [2.75, 3.05) is 0 Å². The lowest BCUT2D eigenvalue weighted by atomic mass is 10.0. The zero-order valence-corrected chi connectivity index (χ0v) is 17.1. The SMILES string of the molecule is Cn1ccnc1-c1cccc2c1[nH]c1c(-c3cccc(-c4ccccc4)n3)cccc12. The monoisotopic (exact) mass is 400 g/mol. The van der Waals surface area contributed by atoms with Gasteiger partial charge >= 0.3 is 0 Å². The summed E-state index contributed by atoms with van der Waals surface area (Å²) >= 11 is 0. The van der Waals surface area contributed by atoms with Gasteiger partial charge < -0.3 is 9.55 Å². The van der Waals surface area contributed by atoms with Gasteiger partial charge in [0.1, 0.15) is 5.82 Å². The predicted molar refractivity (Wildman–Crippen MR) is 127 cm³/mol. The van der Waals surface area contributed by atoms with E-state index in [1.807, 2.05) is 42.2 Å². The van der Waals surface area contributed by atoms with Gasteiger partial charge in [0.15, 0.2) is 0 Å². The molecule has 0 unspecified atom stereocenters. The molecule has 3 heterocycles. The summed E-state index contributed by atoms with van der Waals surface area (Å²) in [6.45, 7) is 0. The van der Waals surface area contributed by atoms with Crippen LogP contribution in [0.5, 0.6) is 0 Å². The van der Waals surface area contributed by atoms with Gasteiger partial charge in [0.25, 0.3) is 0 Å². The maximum absolute atomic E-state index is 4.98. The largest absolute Gasteiger partial charge is 0.353 e. The van der Waals surface area contributed by atoms with Crippen molar-refractivity contribution in [2.45, 2.75) is 0 Å². The molecule has 6 aromatic rings. The fraction of sp³-hybridized carbons (Fsp3) is 0.0370. The Morgan fingerprint density at radius 2 is 1.35 bits per heavy atom. The number of aryl methyl sites for hydroxylation is 1. The topological polar surface area (TPSA) is 46.5 Å². The van der Waals surface area contributed by atoms with Gasteiger partial charge in [-0.2, -0.15) is 0 Å². The molecule has 6 rings (SSSR count). The molecule has 0 spiro atoms. The van der Waals surface area contributed by atoms with Gasteiger partial charge in [-0.05, 0) is 18.2 Å². The highest BCUT2D eigenvalue weighted by Gasteiger charge is 2.15. The minimum Gasteiger partial charge on any atom is -0.353 e. The molecule has 0 atom stereocenters. The second kappa shape index (κ2) is 6.96. The van der Waals surface area contributed by atoms with Crippen LogP contribution < -0.4 is 0 Å². The van der Waals surface area contributed by atoms with Crippen LogP contribution in [0, 0.1) is 0 Å². The van der Waals surface area contributed by atoms with Crippen LogP contribution >= 0.6 is 0 Å². The van der Waals surface area contributed by atoms with E-state index in [1.165, 1.54) is 10.8 Å². The average molecular weight is 400 g/mol. The summed E-state index contributed by atoms with van der Waals surface area (Å²) in [5.74, 6) is 0.947. The highest BCUT2D eigenvalue weighted by molar-refractivity contribution is 6.14. The quantitative estimate of drug-likeness (QED) is 0.371. The summed E-state index contributed by atoms with van der Waals surface area (Å²) in [6, 6.07) is 29.3. The predicted octanol–water partition coefficient (Wildman–Crippen LogP) is 6.45. The van der Waals surface area contributed by atoms with E-state index in [1.54, 1.807) is 0 Å². The first kappa shape index (κ1) is 17.7. The fourth-order valence-electron chi connectivity index (χ4n) is 4.33. The molecule has 0 fully saturated rings. The van der Waals surface area contributed by atoms with Crippen LogP contribution in [0.25, 0.3) is 55.7 Å². The van der Waals surface area contributed by atoms with E-state index in [4.69, 9.17) is 4.98 Å². The molecule has 0 radical (unpaired) electrons. The van der Waals surface area contributed by atoms with Gasteiger partial charge in [0.2, 0.25) is 0 Å². The first-order valence-corrected chi connectivity index (χ1v) is 10.3. The molecule has 4 heteroatoms. The maximum Gasteiger partial charge on any atom is 0.141 e. The summed E-state index contributed by atoms with van der Waals surface area (Å²) in [6.07, 6.45) is 3.81. The Morgan fingerprint density at radius 1 is 0.677 bits per heavy atom. The lowest BCUT2D eigenvalue weighted by molar-refractivity contribution is 0.926. The molecule has 3 aromatic heterocycles. The number of hydrogen-bond acceptors (Lipinski definition) is 2. The highest BCUT2D eigenvalue weighted by atomic mass is 15.0. The number of H-pyrrole nitrogens is 1.